The van der Waals surface area contributed by atoms with Crippen LogP contribution in [-0.4, -0.2) is 62.7 Å². The molecular weight excluding hydrogens is 515 g/mol. The molecule has 2 heterocycles. The first-order valence-corrected chi connectivity index (χ1v) is 11.1. The first-order valence-electron chi connectivity index (χ1n) is 10.8. The molecule has 0 unspecified atom stereocenters. The fraction of sp³-hybridized carbons (Fsp3) is 0.636. The summed E-state index contributed by atoms with van der Waals surface area (Å²) in [6, 6.07) is 8.15. The fourth-order valence-corrected chi connectivity index (χ4v) is 4.30. The van der Waals surface area contributed by atoms with E-state index in [-0.39, 0.29) is 35.3 Å². The number of hydrogen-bond acceptors (Lipinski definition) is 3. The van der Waals surface area contributed by atoms with Crippen molar-refractivity contribution in [2.24, 2.45) is 4.99 Å². The Hall–Kier alpha value is -1.06. The maximum atomic E-state index is 11.7. The van der Waals surface area contributed by atoms with Crippen LogP contribution in [-0.2, 0) is 14.9 Å². The molecule has 2 N–H and O–H groups in total. The summed E-state index contributed by atoms with van der Waals surface area (Å²) in [6.45, 7) is 7.57. The summed E-state index contributed by atoms with van der Waals surface area (Å²) in [5.41, 5.74) is 1.19. The van der Waals surface area contributed by atoms with Gasteiger partial charge in [-0.2, -0.15) is 0 Å². The molecule has 0 bridgehead atoms. The second-order valence-electron chi connectivity index (χ2n) is 7.86. The standard InChI is InChI=1S/C22H33ClN4O2.HI/c1-2-24-21(25-11-5-13-27-12-4-8-20(27)28)26-17-22(9-14-29-15-10-22)18-6-3-7-19(23)16-18;/h3,6-7,16H,2,4-5,8-15,17H2,1H3,(H2,24,25,26);1H. The number of guanidine groups is 1. The van der Waals surface area contributed by atoms with Gasteiger partial charge in [-0.25, -0.2) is 0 Å². The lowest BCUT2D eigenvalue weighted by atomic mass is 9.74. The van der Waals surface area contributed by atoms with Gasteiger partial charge in [0.25, 0.3) is 0 Å². The monoisotopic (exact) mass is 548 g/mol. The third kappa shape index (κ3) is 6.99. The first kappa shape index (κ1) is 25.2. The van der Waals surface area contributed by atoms with E-state index in [1.807, 2.05) is 17.0 Å². The number of amides is 1. The number of carbonyl (C=O) groups is 1. The number of aliphatic imine (C=N–C) groups is 1. The van der Waals surface area contributed by atoms with Crippen LogP contribution in [0, 0.1) is 0 Å². The predicted molar refractivity (Wildman–Crippen MR) is 133 cm³/mol. The van der Waals surface area contributed by atoms with Gasteiger partial charge in [0.2, 0.25) is 5.91 Å². The maximum absolute atomic E-state index is 11.7. The summed E-state index contributed by atoms with van der Waals surface area (Å²) in [5, 5.41) is 7.53. The van der Waals surface area contributed by atoms with E-state index in [0.717, 1.165) is 76.1 Å². The lowest BCUT2D eigenvalue weighted by molar-refractivity contribution is -0.127. The number of hydrogen-bond donors (Lipinski definition) is 2. The molecule has 0 aliphatic carbocycles. The molecule has 1 amide bonds. The van der Waals surface area contributed by atoms with Gasteiger partial charge in [-0.15, -0.1) is 24.0 Å². The number of carbonyl (C=O) groups excluding carboxylic acids is 1. The smallest absolute Gasteiger partial charge is 0.222 e. The van der Waals surface area contributed by atoms with E-state index >= 15 is 0 Å². The van der Waals surface area contributed by atoms with E-state index in [2.05, 4.69) is 29.7 Å². The molecule has 0 radical (unpaired) electrons. The van der Waals surface area contributed by atoms with Gasteiger partial charge in [0.15, 0.2) is 5.96 Å². The SMILES string of the molecule is CCNC(=NCC1(c2cccc(Cl)c2)CCOCC1)NCCCN1CCCC1=O.I. The average molecular weight is 549 g/mol. The molecule has 2 saturated heterocycles. The van der Waals surface area contributed by atoms with Crippen molar-refractivity contribution in [1.82, 2.24) is 15.5 Å². The number of likely N-dealkylation sites (tertiary alicyclic amines) is 1. The highest BCUT2D eigenvalue weighted by Crippen LogP contribution is 2.36. The van der Waals surface area contributed by atoms with Crippen LogP contribution in [0.2, 0.25) is 5.02 Å². The Balaban J connectivity index is 0.00000320. The van der Waals surface area contributed by atoms with Crippen LogP contribution in [0.3, 0.4) is 0 Å². The third-order valence-corrected chi connectivity index (χ3v) is 6.07. The Labute approximate surface area is 202 Å². The zero-order valence-corrected chi connectivity index (χ0v) is 20.9. The number of halogens is 2. The van der Waals surface area contributed by atoms with Crippen molar-refractivity contribution in [3.05, 3.63) is 34.9 Å². The number of nitrogens with zero attached hydrogens (tertiary/aromatic N) is 2. The van der Waals surface area contributed by atoms with Crippen molar-refractivity contribution in [2.45, 2.75) is 44.4 Å². The lowest BCUT2D eigenvalue weighted by Crippen LogP contribution is -2.42. The molecule has 0 saturated carbocycles. The largest absolute Gasteiger partial charge is 0.381 e. The van der Waals surface area contributed by atoms with Gasteiger partial charge < -0.3 is 20.3 Å². The molecule has 0 spiro atoms. The van der Waals surface area contributed by atoms with Gasteiger partial charge in [-0.1, -0.05) is 23.7 Å². The molecule has 0 atom stereocenters. The molecule has 2 aliphatic heterocycles. The summed E-state index contributed by atoms with van der Waals surface area (Å²) in [4.78, 5) is 18.6. The molecule has 1 aromatic rings. The molecule has 2 fully saturated rings. The quantitative estimate of drug-likeness (QED) is 0.226. The van der Waals surface area contributed by atoms with Crippen LogP contribution in [0.15, 0.2) is 29.3 Å². The van der Waals surface area contributed by atoms with Crippen molar-refractivity contribution in [3.8, 4) is 0 Å². The third-order valence-electron chi connectivity index (χ3n) is 5.84. The van der Waals surface area contributed by atoms with Crippen LogP contribution in [0.4, 0.5) is 0 Å². The van der Waals surface area contributed by atoms with Crippen molar-refractivity contribution in [1.29, 1.82) is 0 Å². The van der Waals surface area contributed by atoms with E-state index < -0.39 is 0 Å². The Morgan fingerprint density at radius 1 is 1.30 bits per heavy atom. The molecule has 2 aliphatic rings. The van der Waals surface area contributed by atoms with E-state index in [9.17, 15) is 4.79 Å². The summed E-state index contributed by atoms with van der Waals surface area (Å²) < 4.78 is 5.62. The summed E-state index contributed by atoms with van der Waals surface area (Å²) in [5.74, 6) is 1.11. The summed E-state index contributed by atoms with van der Waals surface area (Å²) >= 11 is 6.27. The van der Waals surface area contributed by atoms with Crippen LogP contribution >= 0.6 is 35.6 Å². The first-order chi connectivity index (χ1) is 14.1. The molecule has 30 heavy (non-hydrogen) atoms. The topological polar surface area (TPSA) is 66.0 Å². The molecular formula is C22H34ClIN4O2. The number of benzene rings is 1. The Kier molecular flexibility index (Phi) is 10.7. The van der Waals surface area contributed by atoms with Gasteiger partial charge in [0.05, 0.1) is 6.54 Å². The number of nitrogens with one attached hydrogen (secondary N) is 2. The zero-order chi connectivity index (χ0) is 20.5. The average Bonchev–Trinajstić information content (AvgIpc) is 3.14. The minimum Gasteiger partial charge on any atom is -0.381 e. The van der Waals surface area contributed by atoms with E-state index in [0.29, 0.717) is 13.0 Å². The van der Waals surface area contributed by atoms with Crippen molar-refractivity contribution >= 4 is 47.4 Å². The van der Waals surface area contributed by atoms with E-state index in [1.165, 1.54) is 5.56 Å². The van der Waals surface area contributed by atoms with Gasteiger partial charge in [-0.05, 0) is 50.3 Å². The Morgan fingerprint density at radius 3 is 2.77 bits per heavy atom. The van der Waals surface area contributed by atoms with Gasteiger partial charge in [0.1, 0.15) is 0 Å². The van der Waals surface area contributed by atoms with Crippen LogP contribution in [0.25, 0.3) is 0 Å². The summed E-state index contributed by atoms with van der Waals surface area (Å²) in [7, 11) is 0. The Bertz CT molecular complexity index is 710. The van der Waals surface area contributed by atoms with Crippen molar-refractivity contribution in [2.75, 3.05) is 45.9 Å². The predicted octanol–water partition coefficient (Wildman–Crippen LogP) is 3.57. The molecule has 3 rings (SSSR count). The maximum Gasteiger partial charge on any atom is 0.222 e. The highest BCUT2D eigenvalue weighted by Gasteiger charge is 2.34. The molecule has 168 valence electrons. The van der Waals surface area contributed by atoms with Gasteiger partial charge in [-0.3, -0.25) is 9.79 Å². The molecule has 6 nitrogen and oxygen atoms in total. The number of rotatable bonds is 8. The van der Waals surface area contributed by atoms with Gasteiger partial charge in [0, 0.05) is 56.3 Å². The normalized spacial score (nSPS) is 18.8. The zero-order valence-electron chi connectivity index (χ0n) is 17.8. The molecule has 8 heteroatoms. The minimum absolute atomic E-state index is 0. The fourth-order valence-electron chi connectivity index (χ4n) is 4.11. The highest BCUT2D eigenvalue weighted by molar-refractivity contribution is 14.0. The number of ether oxygens (including phenoxy) is 1. The minimum atomic E-state index is -0.0481. The molecule has 1 aromatic carbocycles. The van der Waals surface area contributed by atoms with Crippen LogP contribution in [0.1, 0.15) is 44.6 Å². The summed E-state index contributed by atoms with van der Waals surface area (Å²) in [6.07, 6.45) is 4.49. The second-order valence-corrected chi connectivity index (χ2v) is 8.30. The van der Waals surface area contributed by atoms with E-state index in [4.69, 9.17) is 21.3 Å². The Morgan fingerprint density at radius 2 is 2.10 bits per heavy atom. The van der Waals surface area contributed by atoms with Crippen molar-refractivity contribution in [3.63, 3.8) is 0 Å². The second kappa shape index (κ2) is 12.7. The van der Waals surface area contributed by atoms with Crippen LogP contribution < -0.4 is 10.6 Å². The van der Waals surface area contributed by atoms with Crippen molar-refractivity contribution < 1.29 is 9.53 Å². The lowest BCUT2D eigenvalue weighted by Gasteiger charge is -2.36. The highest BCUT2D eigenvalue weighted by atomic mass is 127. The van der Waals surface area contributed by atoms with E-state index in [1.54, 1.807) is 0 Å². The van der Waals surface area contributed by atoms with Crippen LogP contribution in [0.5, 0.6) is 0 Å². The van der Waals surface area contributed by atoms with Gasteiger partial charge >= 0.3 is 0 Å². The molecule has 0 aromatic heterocycles.